The molecule has 11 heteroatoms. The molecule has 1 aliphatic rings. The van der Waals surface area contributed by atoms with Crippen LogP contribution in [0.3, 0.4) is 0 Å². The summed E-state index contributed by atoms with van der Waals surface area (Å²) in [5, 5.41) is 13.7. The smallest absolute Gasteiger partial charge is 0.301 e. The number of thiazole rings is 1. The summed E-state index contributed by atoms with van der Waals surface area (Å²) in [7, 11) is 0. The average Bonchev–Trinajstić information content (AvgIpc) is 3.14. The normalized spacial score (nSPS) is 14.9. The maximum absolute atomic E-state index is 12.6. The molecule has 1 aliphatic heterocycles. The van der Waals surface area contributed by atoms with Crippen molar-refractivity contribution in [2.75, 3.05) is 26.3 Å². The van der Waals surface area contributed by atoms with Crippen molar-refractivity contribution in [1.29, 1.82) is 0 Å². The molecular weight excluding hydrogens is 451 g/mol. The quantitative estimate of drug-likeness (QED) is 0.597. The molecule has 3 aromatic rings. The number of aromatic nitrogens is 2. The number of carbonyl (C=O) groups is 1. The molecule has 8 nitrogen and oxygen atoms in total. The standard InChI is InChI=1S/C19H18Cl2N4O4S/c20-13-2-1-11(7-14(13)21)8-22-17(27)15-16(26)18(28)25-10-12(30-19(25)23-15)9-24-3-5-29-6-4-24/h1-2,7,10,26H,3-6,8-9H2,(H,22,27). The summed E-state index contributed by atoms with van der Waals surface area (Å²) in [4.78, 5) is 32.8. The summed E-state index contributed by atoms with van der Waals surface area (Å²) in [5.74, 6) is -1.34. The highest BCUT2D eigenvalue weighted by molar-refractivity contribution is 7.17. The van der Waals surface area contributed by atoms with E-state index in [1.807, 2.05) is 0 Å². The number of carbonyl (C=O) groups excluding carboxylic acids is 1. The molecule has 1 fully saturated rings. The van der Waals surface area contributed by atoms with E-state index in [1.165, 1.54) is 15.7 Å². The van der Waals surface area contributed by atoms with Gasteiger partial charge >= 0.3 is 5.56 Å². The first-order chi connectivity index (χ1) is 14.4. The van der Waals surface area contributed by atoms with Crippen LogP contribution in [0, 0.1) is 0 Å². The van der Waals surface area contributed by atoms with Crippen LogP contribution in [0.5, 0.6) is 5.75 Å². The fourth-order valence-corrected chi connectivity index (χ4v) is 4.44. The molecule has 0 aliphatic carbocycles. The fourth-order valence-electron chi connectivity index (χ4n) is 3.10. The Morgan fingerprint density at radius 1 is 1.27 bits per heavy atom. The van der Waals surface area contributed by atoms with E-state index >= 15 is 0 Å². The molecule has 3 heterocycles. The minimum Gasteiger partial charge on any atom is -0.501 e. The highest BCUT2D eigenvalue weighted by Gasteiger charge is 2.21. The number of hydrogen-bond donors (Lipinski definition) is 2. The zero-order chi connectivity index (χ0) is 21.3. The van der Waals surface area contributed by atoms with Crippen molar-refractivity contribution in [3.8, 4) is 5.75 Å². The van der Waals surface area contributed by atoms with Crippen LogP contribution in [-0.2, 0) is 17.8 Å². The van der Waals surface area contributed by atoms with Gasteiger partial charge in [-0.3, -0.25) is 18.9 Å². The van der Waals surface area contributed by atoms with E-state index in [0.717, 1.165) is 23.5 Å². The third kappa shape index (κ3) is 4.45. The van der Waals surface area contributed by atoms with E-state index in [2.05, 4.69) is 15.2 Å². The fraction of sp³-hybridized carbons (Fsp3) is 0.316. The van der Waals surface area contributed by atoms with Gasteiger partial charge in [-0.05, 0) is 17.7 Å². The van der Waals surface area contributed by atoms with Gasteiger partial charge in [-0.1, -0.05) is 40.6 Å². The van der Waals surface area contributed by atoms with Crippen LogP contribution in [0.25, 0.3) is 4.96 Å². The first-order valence-electron chi connectivity index (χ1n) is 9.18. The Bertz CT molecular complexity index is 1160. The van der Waals surface area contributed by atoms with E-state index in [-0.39, 0.29) is 12.2 Å². The second-order valence-corrected chi connectivity index (χ2v) is 8.69. The highest BCUT2D eigenvalue weighted by atomic mass is 35.5. The summed E-state index contributed by atoms with van der Waals surface area (Å²) < 4.78 is 6.61. The Labute approximate surface area is 185 Å². The SMILES string of the molecule is O=C(NCc1ccc(Cl)c(Cl)c1)c1nc2sc(CN3CCOCC3)cn2c(=O)c1O. The van der Waals surface area contributed by atoms with Crippen LogP contribution in [0.15, 0.2) is 29.2 Å². The molecule has 0 radical (unpaired) electrons. The maximum atomic E-state index is 12.6. The number of morpholine rings is 1. The molecule has 1 aromatic carbocycles. The number of fused-ring (bicyclic) bond motifs is 1. The molecule has 0 bridgehead atoms. The van der Waals surface area contributed by atoms with Crippen molar-refractivity contribution in [2.45, 2.75) is 13.1 Å². The lowest BCUT2D eigenvalue weighted by Gasteiger charge is -2.25. The van der Waals surface area contributed by atoms with Crippen molar-refractivity contribution in [1.82, 2.24) is 19.6 Å². The van der Waals surface area contributed by atoms with E-state index < -0.39 is 17.2 Å². The molecular formula is C19H18Cl2N4O4S. The Morgan fingerprint density at radius 2 is 2.03 bits per heavy atom. The Kier molecular flexibility index (Phi) is 6.26. The number of nitrogens with zero attached hydrogens (tertiary/aromatic N) is 3. The van der Waals surface area contributed by atoms with Crippen molar-refractivity contribution in [3.05, 3.63) is 60.9 Å². The van der Waals surface area contributed by atoms with Gasteiger partial charge in [-0.25, -0.2) is 4.98 Å². The minimum atomic E-state index is -0.685. The first kappa shape index (κ1) is 21.1. The van der Waals surface area contributed by atoms with Crippen LogP contribution < -0.4 is 10.9 Å². The van der Waals surface area contributed by atoms with Gasteiger partial charge in [-0.15, -0.1) is 0 Å². The molecule has 2 aromatic heterocycles. The number of amides is 1. The number of ether oxygens (including phenoxy) is 1. The maximum Gasteiger partial charge on any atom is 0.301 e. The number of halogens is 2. The van der Waals surface area contributed by atoms with Crippen molar-refractivity contribution in [3.63, 3.8) is 0 Å². The van der Waals surface area contributed by atoms with Crippen LogP contribution in [0.2, 0.25) is 10.0 Å². The van der Waals surface area contributed by atoms with Crippen molar-refractivity contribution in [2.24, 2.45) is 0 Å². The predicted molar refractivity (Wildman–Crippen MR) is 115 cm³/mol. The van der Waals surface area contributed by atoms with Crippen LogP contribution in [0.4, 0.5) is 0 Å². The molecule has 158 valence electrons. The Hall–Kier alpha value is -2.17. The summed E-state index contributed by atoms with van der Waals surface area (Å²) in [5.41, 5.74) is -0.261. The highest BCUT2D eigenvalue weighted by Crippen LogP contribution is 2.23. The molecule has 4 rings (SSSR count). The molecule has 0 atom stereocenters. The van der Waals surface area contributed by atoms with E-state index in [1.54, 1.807) is 24.4 Å². The summed E-state index contributed by atoms with van der Waals surface area (Å²) in [6.45, 7) is 3.76. The van der Waals surface area contributed by atoms with Gasteiger partial charge in [0.05, 0.1) is 23.3 Å². The average molecular weight is 469 g/mol. The van der Waals surface area contributed by atoms with Gasteiger partial charge < -0.3 is 15.2 Å². The number of rotatable bonds is 5. The molecule has 30 heavy (non-hydrogen) atoms. The number of nitrogens with one attached hydrogen (secondary N) is 1. The zero-order valence-corrected chi connectivity index (χ0v) is 18.1. The van der Waals surface area contributed by atoms with Gasteiger partial charge in [0.15, 0.2) is 10.7 Å². The summed E-state index contributed by atoms with van der Waals surface area (Å²) >= 11 is 13.2. The van der Waals surface area contributed by atoms with E-state index in [4.69, 9.17) is 27.9 Å². The van der Waals surface area contributed by atoms with Crippen LogP contribution >= 0.6 is 34.5 Å². The topological polar surface area (TPSA) is 96.2 Å². The molecule has 0 saturated carbocycles. The second-order valence-electron chi connectivity index (χ2n) is 6.78. The molecule has 2 N–H and O–H groups in total. The molecule has 0 unspecified atom stereocenters. The number of aromatic hydroxyl groups is 1. The van der Waals surface area contributed by atoms with E-state index in [9.17, 15) is 14.7 Å². The van der Waals surface area contributed by atoms with Gasteiger partial charge in [0.1, 0.15) is 0 Å². The minimum absolute atomic E-state index is 0.142. The Balaban J connectivity index is 1.54. The van der Waals surface area contributed by atoms with Gasteiger partial charge in [-0.2, -0.15) is 0 Å². The monoisotopic (exact) mass is 468 g/mol. The van der Waals surface area contributed by atoms with Crippen LogP contribution in [0.1, 0.15) is 20.9 Å². The van der Waals surface area contributed by atoms with Gasteiger partial charge in [0.25, 0.3) is 5.91 Å². The largest absolute Gasteiger partial charge is 0.501 e. The number of hydrogen-bond acceptors (Lipinski definition) is 7. The Morgan fingerprint density at radius 3 is 2.77 bits per heavy atom. The lowest BCUT2D eigenvalue weighted by molar-refractivity contribution is 0.0346. The lowest BCUT2D eigenvalue weighted by Crippen LogP contribution is -2.35. The molecule has 1 saturated heterocycles. The second kappa shape index (κ2) is 8.91. The predicted octanol–water partition coefficient (Wildman–Crippen LogP) is 2.53. The third-order valence-electron chi connectivity index (χ3n) is 4.69. The molecule has 1 amide bonds. The summed E-state index contributed by atoms with van der Waals surface area (Å²) in [6, 6.07) is 4.98. The van der Waals surface area contributed by atoms with Gasteiger partial charge in [0, 0.05) is 37.3 Å². The molecule has 0 spiro atoms. The first-order valence-corrected chi connectivity index (χ1v) is 10.8. The van der Waals surface area contributed by atoms with Crippen molar-refractivity contribution < 1.29 is 14.6 Å². The van der Waals surface area contributed by atoms with Gasteiger partial charge in [0.2, 0.25) is 5.75 Å². The zero-order valence-electron chi connectivity index (χ0n) is 15.7. The third-order valence-corrected chi connectivity index (χ3v) is 6.40. The lowest BCUT2D eigenvalue weighted by atomic mass is 10.2. The number of benzene rings is 1. The van der Waals surface area contributed by atoms with Crippen LogP contribution in [-0.4, -0.2) is 51.6 Å². The van der Waals surface area contributed by atoms with Crippen molar-refractivity contribution >= 4 is 45.4 Å². The summed E-state index contributed by atoms with van der Waals surface area (Å²) in [6.07, 6.45) is 1.65. The van der Waals surface area contributed by atoms with E-state index in [0.29, 0.717) is 34.8 Å².